The highest BCUT2D eigenvalue weighted by Gasteiger charge is 2.19. The van der Waals surface area contributed by atoms with Crippen molar-refractivity contribution >= 4 is 33.7 Å². The van der Waals surface area contributed by atoms with Crippen molar-refractivity contribution in [2.45, 2.75) is 51.7 Å². The first-order valence-electron chi connectivity index (χ1n) is 12.5. The van der Waals surface area contributed by atoms with Crippen molar-refractivity contribution in [1.29, 1.82) is 0 Å². The van der Waals surface area contributed by atoms with Crippen molar-refractivity contribution in [3.8, 4) is 0 Å². The Balaban J connectivity index is 1.45. The summed E-state index contributed by atoms with van der Waals surface area (Å²) in [4.78, 5) is 35.2. The number of nitrogens with zero attached hydrogens (tertiary/aromatic N) is 3. The molecule has 7 heteroatoms. The van der Waals surface area contributed by atoms with Gasteiger partial charge in [0.15, 0.2) is 0 Å². The lowest BCUT2D eigenvalue weighted by molar-refractivity contribution is -0.142. The van der Waals surface area contributed by atoms with Crippen LogP contribution in [-0.2, 0) is 22.7 Å². The lowest BCUT2D eigenvalue weighted by Crippen LogP contribution is -2.40. The van der Waals surface area contributed by atoms with Crippen LogP contribution in [0.25, 0.3) is 21.8 Å². The summed E-state index contributed by atoms with van der Waals surface area (Å²) in [6.45, 7) is 3.80. The third-order valence-corrected chi connectivity index (χ3v) is 6.25. The third-order valence-electron chi connectivity index (χ3n) is 6.25. The van der Waals surface area contributed by atoms with E-state index < -0.39 is 12.0 Å². The number of para-hydroxylation sites is 2. The minimum atomic E-state index is -0.991. The molecule has 2 N–H and O–H groups in total. The maximum Gasteiger partial charge on any atom is 0.326 e. The number of pyridine rings is 2. The minimum absolute atomic E-state index is 0.242. The molecule has 0 bridgehead atoms. The molecule has 1 atom stereocenters. The van der Waals surface area contributed by atoms with E-state index in [1.165, 1.54) is 0 Å². The number of carboxylic acids is 1. The number of carbonyl (C=O) groups is 2. The molecule has 2 aromatic heterocycles. The molecule has 0 spiro atoms. The summed E-state index contributed by atoms with van der Waals surface area (Å²) in [5, 5.41) is 14.3. The largest absolute Gasteiger partial charge is 0.480 e. The van der Waals surface area contributed by atoms with Gasteiger partial charge in [0.1, 0.15) is 6.04 Å². The van der Waals surface area contributed by atoms with Crippen LogP contribution < -0.4 is 5.32 Å². The standard InChI is InChI=1S/C29H32N4O3/c1-2-28(34)32-27(29(35)36)13-7-8-18-33(19-23-16-14-21-9-3-5-11-25(21)30-23)20-24-17-15-22-10-4-6-12-26(22)31-24/h3-6,9-12,14-17,27H,2,7-8,13,18-20H2,1H3,(H,32,34)(H,35,36). The minimum Gasteiger partial charge on any atom is -0.480 e. The van der Waals surface area contributed by atoms with Crippen LogP contribution in [0.5, 0.6) is 0 Å². The van der Waals surface area contributed by atoms with Crippen molar-refractivity contribution < 1.29 is 14.7 Å². The van der Waals surface area contributed by atoms with E-state index in [2.05, 4.69) is 46.6 Å². The van der Waals surface area contributed by atoms with Gasteiger partial charge >= 0.3 is 5.97 Å². The Morgan fingerprint density at radius 3 is 1.92 bits per heavy atom. The molecule has 1 amide bonds. The average molecular weight is 485 g/mol. The van der Waals surface area contributed by atoms with Crippen molar-refractivity contribution in [1.82, 2.24) is 20.2 Å². The Morgan fingerprint density at radius 1 is 0.833 bits per heavy atom. The van der Waals surface area contributed by atoms with E-state index in [1.54, 1.807) is 6.92 Å². The van der Waals surface area contributed by atoms with Gasteiger partial charge in [0.25, 0.3) is 0 Å². The third kappa shape index (κ3) is 6.86. The molecule has 0 radical (unpaired) electrons. The summed E-state index contributed by atoms with van der Waals surface area (Å²) in [6, 6.07) is 23.6. The molecule has 0 aliphatic carbocycles. The number of benzene rings is 2. The summed E-state index contributed by atoms with van der Waals surface area (Å²) >= 11 is 0. The molecule has 0 saturated carbocycles. The molecular formula is C29H32N4O3. The van der Waals surface area contributed by atoms with Gasteiger partial charge in [-0.2, -0.15) is 0 Å². The van der Waals surface area contributed by atoms with Gasteiger partial charge in [0.05, 0.1) is 22.4 Å². The van der Waals surface area contributed by atoms with E-state index in [0.29, 0.717) is 25.9 Å². The summed E-state index contributed by atoms with van der Waals surface area (Å²) in [7, 11) is 0. The molecule has 7 nitrogen and oxygen atoms in total. The Bertz CT molecular complexity index is 1260. The van der Waals surface area contributed by atoms with E-state index >= 15 is 0 Å². The second kappa shape index (κ2) is 12.2. The number of aliphatic carboxylic acids is 1. The fourth-order valence-electron chi connectivity index (χ4n) is 4.30. The molecule has 0 aliphatic rings. The van der Waals surface area contributed by atoms with Gasteiger partial charge in [-0.25, -0.2) is 4.79 Å². The number of aromatic nitrogens is 2. The first-order chi connectivity index (χ1) is 17.5. The molecule has 186 valence electrons. The Hall–Kier alpha value is -3.84. The fourth-order valence-corrected chi connectivity index (χ4v) is 4.30. The van der Waals surface area contributed by atoms with Gasteiger partial charge in [-0.3, -0.25) is 19.7 Å². The molecule has 4 rings (SSSR count). The van der Waals surface area contributed by atoms with E-state index in [9.17, 15) is 14.7 Å². The fraction of sp³-hybridized carbons (Fsp3) is 0.310. The van der Waals surface area contributed by atoms with Crippen molar-refractivity contribution in [2.75, 3.05) is 6.54 Å². The van der Waals surface area contributed by atoms with E-state index in [4.69, 9.17) is 9.97 Å². The van der Waals surface area contributed by atoms with Crippen LogP contribution in [0.3, 0.4) is 0 Å². The molecule has 2 heterocycles. The van der Waals surface area contributed by atoms with E-state index in [0.717, 1.165) is 46.2 Å². The summed E-state index contributed by atoms with van der Waals surface area (Å²) in [5.41, 5.74) is 3.89. The molecule has 0 saturated heterocycles. The number of hydrogen-bond acceptors (Lipinski definition) is 5. The summed E-state index contributed by atoms with van der Waals surface area (Å²) < 4.78 is 0. The lowest BCUT2D eigenvalue weighted by atomic mass is 10.1. The first-order valence-corrected chi connectivity index (χ1v) is 12.5. The number of carboxylic acid groups (broad SMARTS) is 1. The smallest absolute Gasteiger partial charge is 0.326 e. The van der Waals surface area contributed by atoms with Gasteiger partial charge in [-0.15, -0.1) is 0 Å². The predicted octanol–water partition coefficient (Wildman–Crippen LogP) is 4.93. The van der Waals surface area contributed by atoms with E-state index in [1.807, 2.05) is 36.4 Å². The summed E-state index contributed by atoms with van der Waals surface area (Å²) in [5.74, 6) is -1.23. The van der Waals surface area contributed by atoms with Crippen LogP contribution in [0.4, 0.5) is 0 Å². The second-order valence-corrected chi connectivity index (χ2v) is 9.01. The Morgan fingerprint density at radius 2 is 1.39 bits per heavy atom. The highest BCUT2D eigenvalue weighted by molar-refractivity contribution is 5.83. The van der Waals surface area contributed by atoms with Gasteiger partial charge in [-0.1, -0.05) is 55.5 Å². The average Bonchev–Trinajstić information content (AvgIpc) is 2.89. The van der Waals surface area contributed by atoms with Crippen LogP contribution in [-0.4, -0.2) is 44.4 Å². The van der Waals surface area contributed by atoms with Crippen LogP contribution in [0.15, 0.2) is 72.8 Å². The quantitative estimate of drug-likeness (QED) is 0.277. The first kappa shape index (κ1) is 25.3. The molecule has 36 heavy (non-hydrogen) atoms. The maximum atomic E-state index is 11.7. The van der Waals surface area contributed by atoms with Gasteiger partial charge in [0, 0.05) is 30.3 Å². The van der Waals surface area contributed by atoms with Crippen molar-refractivity contribution in [3.63, 3.8) is 0 Å². The molecule has 1 unspecified atom stereocenters. The highest BCUT2D eigenvalue weighted by atomic mass is 16.4. The zero-order valence-corrected chi connectivity index (χ0v) is 20.6. The van der Waals surface area contributed by atoms with Gasteiger partial charge < -0.3 is 10.4 Å². The van der Waals surface area contributed by atoms with E-state index in [-0.39, 0.29) is 12.3 Å². The molecule has 0 aliphatic heterocycles. The number of carbonyl (C=O) groups excluding carboxylic acids is 1. The zero-order valence-electron chi connectivity index (χ0n) is 20.6. The normalized spacial score (nSPS) is 12.2. The van der Waals surface area contributed by atoms with Crippen LogP contribution in [0, 0.1) is 0 Å². The topological polar surface area (TPSA) is 95.4 Å². The highest BCUT2D eigenvalue weighted by Crippen LogP contribution is 2.17. The molecular weight excluding hydrogens is 452 g/mol. The van der Waals surface area contributed by atoms with Crippen molar-refractivity contribution in [2.24, 2.45) is 0 Å². The predicted molar refractivity (Wildman–Crippen MR) is 141 cm³/mol. The SMILES string of the molecule is CCC(=O)NC(CCCCN(Cc1ccc2ccccc2n1)Cc1ccc2ccccc2n1)C(=O)O. The van der Waals surface area contributed by atoms with Crippen LogP contribution in [0.1, 0.15) is 44.0 Å². The number of amides is 1. The lowest BCUT2D eigenvalue weighted by Gasteiger charge is -2.22. The zero-order chi connectivity index (χ0) is 25.3. The van der Waals surface area contributed by atoms with Crippen LogP contribution >= 0.6 is 0 Å². The number of rotatable bonds is 12. The Kier molecular flexibility index (Phi) is 8.57. The number of hydrogen-bond donors (Lipinski definition) is 2. The molecule has 2 aromatic carbocycles. The summed E-state index contributed by atoms with van der Waals surface area (Å²) in [6.07, 6.45) is 2.16. The molecule has 0 fully saturated rings. The van der Waals surface area contributed by atoms with Gasteiger partial charge in [0.2, 0.25) is 5.91 Å². The number of fused-ring (bicyclic) bond motifs is 2. The second-order valence-electron chi connectivity index (χ2n) is 9.01. The maximum absolute atomic E-state index is 11.7. The molecule has 4 aromatic rings. The van der Waals surface area contributed by atoms with Crippen molar-refractivity contribution in [3.05, 3.63) is 84.2 Å². The Labute approximate surface area is 211 Å². The van der Waals surface area contributed by atoms with Crippen LogP contribution in [0.2, 0.25) is 0 Å². The number of unbranched alkanes of at least 4 members (excludes halogenated alkanes) is 1. The van der Waals surface area contributed by atoms with Gasteiger partial charge in [-0.05, 0) is 50.1 Å². The monoisotopic (exact) mass is 484 g/mol. The number of nitrogens with one attached hydrogen (secondary N) is 1.